The molecular weight excluding hydrogens is 244 g/mol. The molecule has 1 heterocycles. The Morgan fingerprint density at radius 1 is 1.61 bits per heavy atom. The van der Waals surface area contributed by atoms with Crippen molar-refractivity contribution in [2.75, 3.05) is 0 Å². The van der Waals surface area contributed by atoms with Crippen molar-refractivity contribution < 1.29 is 24.7 Å². The van der Waals surface area contributed by atoms with Gasteiger partial charge in [-0.05, 0) is 18.4 Å². The van der Waals surface area contributed by atoms with Gasteiger partial charge in [-0.2, -0.15) is 5.06 Å². The van der Waals surface area contributed by atoms with E-state index in [2.05, 4.69) is 10.0 Å². The van der Waals surface area contributed by atoms with Crippen molar-refractivity contribution in [3.63, 3.8) is 0 Å². The first-order valence-electron chi connectivity index (χ1n) is 5.29. The van der Waals surface area contributed by atoms with Gasteiger partial charge in [-0.3, -0.25) is 19.6 Å². The summed E-state index contributed by atoms with van der Waals surface area (Å²) >= 11 is 0. The van der Waals surface area contributed by atoms with Crippen LogP contribution in [0.15, 0.2) is 5.11 Å². The minimum Gasteiger partial charge on any atom is -0.481 e. The van der Waals surface area contributed by atoms with Gasteiger partial charge >= 0.3 is 5.97 Å². The molecule has 18 heavy (non-hydrogen) atoms. The molecule has 1 aliphatic heterocycles. The van der Waals surface area contributed by atoms with Gasteiger partial charge in [0.2, 0.25) is 0 Å². The highest BCUT2D eigenvalue weighted by Crippen LogP contribution is 2.26. The maximum atomic E-state index is 11.5. The van der Waals surface area contributed by atoms with E-state index in [1.807, 2.05) is 0 Å². The first-order valence-corrected chi connectivity index (χ1v) is 5.29. The summed E-state index contributed by atoms with van der Waals surface area (Å²) in [6.07, 6.45) is 0.0531. The number of nitrogens with zero attached hydrogens (tertiary/aromatic N) is 4. The fourth-order valence-electron chi connectivity index (χ4n) is 1.81. The number of carboxylic acid groups (broad SMARTS) is 1. The normalized spacial score (nSPS) is 20.7. The number of hydrogen-bond donors (Lipinski definition) is 2. The number of imide groups is 1. The Labute approximate surface area is 102 Å². The standard InChI is InChI=1S/C9H12N4O5/c10-12-11-6(2-1-3-8(15)16)5-4-7(14)13(18)9(5)17/h5-6,18H,1-4H2,(H,15,16). The summed E-state index contributed by atoms with van der Waals surface area (Å²) in [4.78, 5) is 35.5. The molecule has 9 heteroatoms. The van der Waals surface area contributed by atoms with E-state index < -0.39 is 29.7 Å². The van der Waals surface area contributed by atoms with Gasteiger partial charge in [-0.1, -0.05) is 5.11 Å². The van der Waals surface area contributed by atoms with Crippen LogP contribution in [0.25, 0.3) is 10.4 Å². The Hall–Kier alpha value is -2.12. The molecule has 0 aliphatic carbocycles. The first-order chi connectivity index (χ1) is 8.47. The van der Waals surface area contributed by atoms with Crippen molar-refractivity contribution in [2.45, 2.75) is 31.7 Å². The second-order valence-corrected chi connectivity index (χ2v) is 3.91. The maximum absolute atomic E-state index is 11.5. The van der Waals surface area contributed by atoms with E-state index in [9.17, 15) is 14.4 Å². The molecule has 0 aromatic carbocycles. The number of carbonyl (C=O) groups is 3. The smallest absolute Gasteiger partial charge is 0.303 e. The predicted molar refractivity (Wildman–Crippen MR) is 56.2 cm³/mol. The molecule has 2 amide bonds. The molecule has 1 fully saturated rings. The Morgan fingerprint density at radius 2 is 2.28 bits per heavy atom. The van der Waals surface area contributed by atoms with E-state index in [1.54, 1.807) is 0 Å². The average Bonchev–Trinajstić information content (AvgIpc) is 2.55. The van der Waals surface area contributed by atoms with Crippen LogP contribution in [-0.2, 0) is 14.4 Å². The zero-order valence-corrected chi connectivity index (χ0v) is 9.39. The van der Waals surface area contributed by atoms with Crippen LogP contribution in [0.3, 0.4) is 0 Å². The molecule has 0 radical (unpaired) electrons. The predicted octanol–water partition coefficient (Wildman–Crippen LogP) is 0.685. The third-order valence-corrected chi connectivity index (χ3v) is 2.71. The number of amides is 2. The summed E-state index contributed by atoms with van der Waals surface area (Å²) < 4.78 is 0. The van der Waals surface area contributed by atoms with Crippen molar-refractivity contribution in [3.8, 4) is 0 Å². The lowest BCUT2D eigenvalue weighted by Gasteiger charge is -2.15. The molecule has 9 nitrogen and oxygen atoms in total. The highest BCUT2D eigenvalue weighted by molar-refractivity contribution is 6.02. The number of rotatable bonds is 6. The summed E-state index contributed by atoms with van der Waals surface area (Å²) in [5, 5.41) is 21.0. The number of aliphatic carboxylic acids is 1. The summed E-state index contributed by atoms with van der Waals surface area (Å²) in [6.45, 7) is 0. The second-order valence-electron chi connectivity index (χ2n) is 3.91. The summed E-state index contributed by atoms with van der Waals surface area (Å²) in [6, 6.07) is -0.817. The van der Waals surface area contributed by atoms with E-state index in [0.29, 0.717) is 0 Å². The monoisotopic (exact) mass is 256 g/mol. The summed E-state index contributed by atoms with van der Waals surface area (Å²) in [5.41, 5.74) is 8.39. The van der Waals surface area contributed by atoms with Crippen LogP contribution in [0.2, 0.25) is 0 Å². The molecule has 0 saturated carbocycles. The van der Waals surface area contributed by atoms with Crippen LogP contribution in [0.4, 0.5) is 0 Å². The SMILES string of the molecule is [N-]=[N+]=NC(CCCC(=O)O)C1CC(=O)N(O)C1=O. The van der Waals surface area contributed by atoms with Crippen molar-refractivity contribution >= 4 is 17.8 Å². The average molecular weight is 256 g/mol. The second kappa shape index (κ2) is 5.99. The number of carboxylic acids is 1. The summed E-state index contributed by atoms with van der Waals surface area (Å²) in [7, 11) is 0. The minimum absolute atomic E-state index is 0.0156. The lowest BCUT2D eigenvalue weighted by molar-refractivity contribution is -0.172. The van der Waals surface area contributed by atoms with Gasteiger partial charge < -0.3 is 5.11 Å². The van der Waals surface area contributed by atoms with Crippen molar-refractivity contribution in [1.29, 1.82) is 0 Å². The Bertz CT molecular complexity index is 417. The van der Waals surface area contributed by atoms with Crippen molar-refractivity contribution in [2.24, 2.45) is 11.0 Å². The summed E-state index contributed by atoms with van der Waals surface area (Å²) in [5.74, 6) is -3.46. The van der Waals surface area contributed by atoms with E-state index >= 15 is 0 Å². The van der Waals surface area contributed by atoms with Crippen molar-refractivity contribution in [1.82, 2.24) is 5.06 Å². The lowest BCUT2D eigenvalue weighted by atomic mass is 9.94. The van der Waals surface area contributed by atoms with E-state index in [0.717, 1.165) is 0 Å². The van der Waals surface area contributed by atoms with Gasteiger partial charge in [0.1, 0.15) is 0 Å². The zero-order valence-electron chi connectivity index (χ0n) is 9.39. The highest BCUT2D eigenvalue weighted by Gasteiger charge is 2.42. The third kappa shape index (κ3) is 3.19. The van der Waals surface area contributed by atoms with E-state index in [1.165, 1.54) is 0 Å². The number of azide groups is 1. The minimum atomic E-state index is -0.993. The van der Waals surface area contributed by atoms with Crippen LogP contribution in [0, 0.1) is 5.92 Å². The van der Waals surface area contributed by atoms with Crippen LogP contribution in [0.1, 0.15) is 25.7 Å². The highest BCUT2D eigenvalue weighted by atomic mass is 16.5. The molecule has 0 bridgehead atoms. The van der Waals surface area contributed by atoms with Gasteiger partial charge in [0, 0.05) is 23.8 Å². The van der Waals surface area contributed by atoms with Crippen LogP contribution < -0.4 is 0 Å². The van der Waals surface area contributed by atoms with E-state index in [-0.39, 0.29) is 30.7 Å². The maximum Gasteiger partial charge on any atom is 0.303 e. The Kier molecular flexibility index (Phi) is 4.64. The Morgan fingerprint density at radius 3 is 2.72 bits per heavy atom. The van der Waals surface area contributed by atoms with Gasteiger partial charge in [-0.15, -0.1) is 0 Å². The molecule has 2 N–H and O–H groups in total. The molecule has 1 aliphatic rings. The number of carbonyl (C=O) groups excluding carboxylic acids is 2. The molecule has 2 atom stereocenters. The van der Waals surface area contributed by atoms with Crippen molar-refractivity contribution in [3.05, 3.63) is 10.4 Å². The van der Waals surface area contributed by atoms with Crippen LogP contribution >= 0.6 is 0 Å². The molecule has 0 aromatic rings. The third-order valence-electron chi connectivity index (χ3n) is 2.71. The van der Waals surface area contributed by atoms with Crippen LogP contribution in [0.5, 0.6) is 0 Å². The zero-order chi connectivity index (χ0) is 13.7. The molecule has 1 saturated heterocycles. The largest absolute Gasteiger partial charge is 0.481 e. The van der Waals surface area contributed by atoms with Gasteiger partial charge in [0.25, 0.3) is 11.8 Å². The number of hydroxylamine groups is 2. The molecule has 0 aromatic heterocycles. The first kappa shape index (κ1) is 13.9. The topological polar surface area (TPSA) is 144 Å². The van der Waals surface area contributed by atoms with Gasteiger partial charge in [0.15, 0.2) is 0 Å². The Balaban J connectivity index is 2.68. The molecule has 1 rings (SSSR count). The molecule has 2 unspecified atom stereocenters. The quantitative estimate of drug-likeness (QED) is 0.236. The molecule has 0 spiro atoms. The fraction of sp³-hybridized carbons (Fsp3) is 0.667. The lowest BCUT2D eigenvalue weighted by Crippen LogP contribution is -2.30. The number of hydrogen-bond acceptors (Lipinski definition) is 5. The fourth-order valence-corrected chi connectivity index (χ4v) is 1.81. The van der Waals surface area contributed by atoms with E-state index in [4.69, 9.17) is 15.8 Å². The van der Waals surface area contributed by atoms with Gasteiger partial charge in [0.05, 0.1) is 5.92 Å². The van der Waals surface area contributed by atoms with Gasteiger partial charge in [-0.25, -0.2) is 0 Å². The van der Waals surface area contributed by atoms with Crippen LogP contribution in [-0.4, -0.2) is 39.2 Å². The molecule has 98 valence electrons. The molecular formula is C9H12N4O5.